The monoisotopic (exact) mass is 370 g/mol. The van der Waals surface area contributed by atoms with E-state index in [-0.39, 0.29) is 23.1 Å². The summed E-state index contributed by atoms with van der Waals surface area (Å²) in [5, 5.41) is 5.62. The molecule has 2 rings (SSSR count). The molecule has 2 N–H and O–H groups in total. The van der Waals surface area contributed by atoms with Crippen molar-refractivity contribution >= 4 is 29.3 Å². The van der Waals surface area contributed by atoms with Crippen LogP contribution in [0.1, 0.15) is 43.1 Å². The fraction of sp³-hybridized carbons (Fsp3) is 0.333. The predicted molar refractivity (Wildman–Crippen MR) is 109 cm³/mol. The zero-order chi connectivity index (χ0) is 18.9. The first-order valence-electron chi connectivity index (χ1n) is 8.87. The summed E-state index contributed by atoms with van der Waals surface area (Å²) in [6.45, 7) is 5.86. The minimum atomic E-state index is -0.221. The fourth-order valence-corrected chi connectivity index (χ4v) is 3.14. The van der Waals surface area contributed by atoms with Crippen molar-refractivity contribution in [1.29, 1.82) is 0 Å². The first-order chi connectivity index (χ1) is 12.5. The molecule has 26 heavy (non-hydrogen) atoms. The van der Waals surface area contributed by atoms with E-state index in [0.29, 0.717) is 11.3 Å². The number of para-hydroxylation sites is 1. The highest BCUT2D eigenvalue weighted by molar-refractivity contribution is 7.99. The Kier molecular flexibility index (Phi) is 7.73. The summed E-state index contributed by atoms with van der Waals surface area (Å²) >= 11 is 1.57. The van der Waals surface area contributed by atoms with Gasteiger partial charge in [0, 0.05) is 11.8 Å². The summed E-state index contributed by atoms with van der Waals surface area (Å²) in [5.41, 5.74) is 2.22. The average Bonchev–Trinajstić information content (AvgIpc) is 2.67. The summed E-state index contributed by atoms with van der Waals surface area (Å²) < 4.78 is 0. The van der Waals surface area contributed by atoms with Crippen molar-refractivity contribution in [3.8, 4) is 0 Å². The second-order valence-corrected chi connectivity index (χ2v) is 7.59. The SMILES string of the molecule is CC[C@@H](C)NC(=O)c1ccccc1NC(=O)[C@@H](C)SCc1ccccc1. The molecular weight excluding hydrogens is 344 g/mol. The van der Waals surface area contributed by atoms with E-state index < -0.39 is 0 Å². The van der Waals surface area contributed by atoms with Crippen molar-refractivity contribution in [3.63, 3.8) is 0 Å². The van der Waals surface area contributed by atoms with Crippen LogP contribution in [0.4, 0.5) is 5.69 Å². The lowest BCUT2D eigenvalue weighted by molar-refractivity contribution is -0.115. The summed E-state index contributed by atoms with van der Waals surface area (Å²) in [5.74, 6) is 0.500. The smallest absolute Gasteiger partial charge is 0.253 e. The molecule has 2 amide bonds. The zero-order valence-electron chi connectivity index (χ0n) is 15.5. The van der Waals surface area contributed by atoms with Gasteiger partial charge >= 0.3 is 0 Å². The Balaban J connectivity index is 1.98. The molecule has 0 aliphatic heterocycles. The number of rotatable bonds is 8. The lowest BCUT2D eigenvalue weighted by Gasteiger charge is -2.16. The number of amides is 2. The minimum Gasteiger partial charge on any atom is -0.350 e. The van der Waals surface area contributed by atoms with Crippen LogP contribution in [-0.4, -0.2) is 23.1 Å². The molecular formula is C21H26N2O2S. The zero-order valence-corrected chi connectivity index (χ0v) is 16.3. The van der Waals surface area contributed by atoms with Gasteiger partial charge in [0.15, 0.2) is 0 Å². The Morgan fingerprint density at radius 3 is 2.35 bits per heavy atom. The standard InChI is InChI=1S/C21H26N2O2S/c1-4-15(2)22-21(25)18-12-8-9-13-19(18)23-20(24)16(3)26-14-17-10-6-5-7-11-17/h5-13,15-16H,4,14H2,1-3H3,(H,22,25)(H,23,24)/t15-,16-/m1/s1. The third-order valence-corrected chi connectivity index (χ3v) is 5.35. The van der Waals surface area contributed by atoms with Crippen molar-refractivity contribution in [2.75, 3.05) is 5.32 Å². The summed E-state index contributed by atoms with van der Waals surface area (Å²) in [6.07, 6.45) is 0.855. The third-order valence-electron chi connectivity index (χ3n) is 4.13. The van der Waals surface area contributed by atoms with Crippen LogP contribution >= 0.6 is 11.8 Å². The van der Waals surface area contributed by atoms with Crippen LogP contribution in [0.25, 0.3) is 0 Å². The van der Waals surface area contributed by atoms with Gasteiger partial charge in [-0.2, -0.15) is 0 Å². The Hall–Kier alpha value is -2.27. The molecule has 0 aromatic heterocycles. The van der Waals surface area contributed by atoms with Gasteiger partial charge in [-0.3, -0.25) is 9.59 Å². The molecule has 0 bridgehead atoms. The average molecular weight is 371 g/mol. The van der Waals surface area contributed by atoms with Crippen molar-refractivity contribution in [1.82, 2.24) is 5.32 Å². The van der Waals surface area contributed by atoms with E-state index in [1.165, 1.54) is 5.56 Å². The van der Waals surface area contributed by atoms with Crippen LogP contribution in [0.3, 0.4) is 0 Å². The fourth-order valence-electron chi connectivity index (χ4n) is 2.30. The van der Waals surface area contributed by atoms with E-state index in [0.717, 1.165) is 12.2 Å². The van der Waals surface area contributed by atoms with Crippen LogP contribution in [0.5, 0.6) is 0 Å². The van der Waals surface area contributed by atoms with Gasteiger partial charge in [-0.05, 0) is 38.0 Å². The Morgan fingerprint density at radius 1 is 1.00 bits per heavy atom. The number of nitrogens with one attached hydrogen (secondary N) is 2. The number of hydrogen-bond donors (Lipinski definition) is 2. The van der Waals surface area contributed by atoms with Crippen LogP contribution < -0.4 is 10.6 Å². The maximum absolute atomic E-state index is 12.5. The molecule has 138 valence electrons. The van der Waals surface area contributed by atoms with E-state index in [2.05, 4.69) is 10.6 Å². The van der Waals surface area contributed by atoms with Crippen LogP contribution in [0, 0.1) is 0 Å². The molecule has 0 radical (unpaired) electrons. The van der Waals surface area contributed by atoms with Gasteiger partial charge in [-0.25, -0.2) is 0 Å². The maximum atomic E-state index is 12.5. The minimum absolute atomic E-state index is 0.0895. The lowest BCUT2D eigenvalue weighted by atomic mass is 10.1. The number of benzene rings is 2. The molecule has 2 aromatic carbocycles. The molecule has 0 aliphatic rings. The molecule has 0 heterocycles. The number of hydrogen-bond acceptors (Lipinski definition) is 3. The summed E-state index contributed by atoms with van der Waals surface area (Å²) in [6, 6.07) is 17.3. The van der Waals surface area contributed by atoms with E-state index in [9.17, 15) is 9.59 Å². The highest BCUT2D eigenvalue weighted by atomic mass is 32.2. The second-order valence-electron chi connectivity index (χ2n) is 6.26. The van der Waals surface area contributed by atoms with E-state index in [1.54, 1.807) is 30.0 Å². The molecule has 0 unspecified atom stereocenters. The van der Waals surface area contributed by atoms with E-state index >= 15 is 0 Å². The Morgan fingerprint density at radius 2 is 1.65 bits per heavy atom. The predicted octanol–water partition coefficient (Wildman–Crippen LogP) is 4.48. The Labute approximate surface area is 159 Å². The second kappa shape index (κ2) is 10.0. The van der Waals surface area contributed by atoms with Crippen molar-refractivity contribution in [2.24, 2.45) is 0 Å². The summed E-state index contributed by atoms with van der Waals surface area (Å²) in [4.78, 5) is 25.0. The molecule has 0 fully saturated rings. The van der Waals surface area contributed by atoms with Crippen LogP contribution in [0.15, 0.2) is 54.6 Å². The topological polar surface area (TPSA) is 58.2 Å². The molecule has 0 spiro atoms. The van der Waals surface area contributed by atoms with E-state index in [4.69, 9.17) is 0 Å². The maximum Gasteiger partial charge on any atom is 0.253 e. The van der Waals surface area contributed by atoms with Crippen molar-refractivity contribution in [2.45, 2.75) is 44.2 Å². The molecule has 4 nitrogen and oxygen atoms in total. The quantitative estimate of drug-likeness (QED) is 0.720. The number of anilines is 1. The van der Waals surface area contributed by atoms with Gasteiger partial charge in [0.25, 0.3) is 5.91 Å². The summed E-state index contributed by atoms with van der Waals surface area (Å²) in [7, 11) is 0. The van der Waals surface area contributed by atoms with Gasteiger partial charge in [-0.1, -0.05) is 49.4 Å². The number of carbonyl (C=O) groups excluding carboxylic acids is 2. The lowest BCUT2D eigenvalue weighted by Crippen LogP contribution is -2.33. The van der Waals surface area contributed by atoms with Crippen molar-refractivity contribution < 1.29 is 9.59 Å². The highest BCUT2D eigenvalue weighted by Crippen LogP contribution is 2.21. The first-order valence-corrected chi connectivity index (χ1v) is 9.92. The van der Waals surface area contributed by atoms with E-state index in [1.807, 2.05) is 57.2 Å². The largest absolute Gasteiger partial charge is 0.350 e. The van der Waals surface area contributed by atoms with Crippen LogP contribution in [0.2, 0.25) is 0 Å². The van der Waals surface area contributed by atoms with Gasteiger partial charge in [0.05, 0.1) is 16.5 Å². The van der Waals surface area contributed by atoms with Gasteiger partial charge in [-0.15, -0.1) is 11.8 Å². The molecule has 0 saturated carbocycles. The van der Waals surface area contributed by atoms with Gasteiger partial charge in [0.2, 0.25) is 5.91 Å². The number of carbonyl (C=O) groups is 2. The molecule has 0 saturated heterocycles. The molecule has 2 atom stereocenters. The molecule has 2 aromatic rings. The molecule has 0 aliphatic carbocycles. The Bertz CT molecular complexity index is 734. The normalized spacial score (nSPS) is 12.9. The number of thioether (sulfide) groups is 1. The van der Waals surface area contributed by atoms with Gasteiger partial charge < -0.3 is 10.6 Å². The molecule has 5 heteroatoms. The van der Waals surface area contributed by atoms with Gasteiger partial charge in [0.1, 0.15) is 0 Å². The third kappa shape index (κ3) is 5.92. The highest BCUT2D eigenvalue weighted by Gasteiger charge is 2.18. The van der Waals surface area contributed by atoms with Crippen LogP contribution in [-0.2, 0) is 10.5 Å². The van der Waals surface area contributed by atoms with Crippen molar-refractivity contribution in [3.05, 3.63) is 65.7 Å². The first kappa shape index (κ1) is 20.0.